The van der Waals surface area contributed by atoms with Gasteiger partial charge >= 0.3 is 0 Å². The van der Waals surface area contributed by atoms with Crippen LogP contribution in [0.5, 0.6) is 0 Å². The second-order valence-electron chi connectivity index (χ2n) is 5.93. The molecule has 1 fully saturated rings. The first-order chi connectivity index (χ1) is 9.06. The van der Waals surface area contributed by atoms with Gasteiger partial charge in [0.25, 0.3) is 0 Å². The van der Waals surface area contributed by atoms with Gasteiger partial charge in [-0.1, -0.05) is 13.3 Å². The maximum atomic E-state index is 6.56. The Labute approximate surface area is 121 Å². The third-order valence-corrected chi connectivity index (χ3v) is 5.51. The van der Waals surface area contributed by atoms with Gasteiger partial charge < -0.3 is 5.73 Å². The van der Waals surface area contributed by atoms with Crippen LogP contribution in [0, 0.1) is 6.92 Å². The minimum Gasteiger partial charge on any atom is -0.326 e. The molecule has 108 valence electrons. The molecule has 2 rings (SSSR count). The number of nitrogens with two attached hydrogens (primary N) is 1. The van der Waals surface area contributed by atoms with Gasteiger partial charge in [0.15, 0.2) is 0 Å². The quantitative estimate of drug-likeness (QED) is 0.902. The number of nitrogens with zero attached hydrogens (tertiary/aromatic N) is 2. The third-order valence-electron chi connectivity index (χ3n) is 4.69. The van der Waals surface area contributed by atoms with Crippen LogP contribution in [0.3, 0.4) is 0 Å². The molecule has 0 saturated carbocycles. The van der Waals surface area contributed by atoms with Crippen LogP contribution in [0.15, 0.2) is 5.38 Å². The van der Waals surface area contributed by atoms with Gasteiger partial charge in [-0.05, 0) is 46.2 Å². The lowest BCUT2D eigenvalue weighted by atomic mass is 9.84. The van der Waals surface area contributed by atoms with Crippen LogP contribution in [0.25, 0.3) is 0 Å². The highest BCUT2D eigenvalue weighted by Crippen LogP contribution is 2.28. The first kappa shape index (κ1) is 14.9. The number of hydrogen-bond donors (Lipinski definition) is 1. The molecule has 0 aliphatic carbocycles. The van der Waals surface area contributed by atoms with Gasteiger partial charge in [-0.25, -0.2) is 4.98 Å². The Hall–Kier alpha value is -0.450. The van der Waals surface area contributed by atoms with Crippen molar-refractivity contribution in [2.45, 2.75) is 64.5 Å². The zero-order valence-electron chi connectivity index (χ0n) is 12.5. The van der Waals surface area contributed by atoms with Crippen LogP contribution in [-0.2, 0) is 6.42 Å². The summed E-state index contributed by atoms with van der Waals surface area (Å²) in [6.07, 6.45) is 6.01. The lowest BCUT2D eigenvalue weighted by molar-refractivity contribution is 0.0544. The van der Waals surface area contributed by atoms with Gasteiger partial charge in [-0.3, -0.25) is 4.90 Å². The number of thiazole rings is 1. The number of hydrogen-bond acceptors (Lipinski definition) is 4. The van der Waals surface area contributed by atoms with Crippen molar-refractivity contribution in [2.24, 2.45) is 5.73 Å². The van der Waals surface area contributed by atoms with Crippen LogP contribution < -0.4 is 5.73 Å². The van der Waals surface area contributed by atoms with Crippen LogP contribution in [0.1, 0.15) is 50.2 Å². The van der Waals surface area contributed by atoms with Crippen molar-refractivity contribution in [3.63, 3.8) is 0 Å². The summed E-state index contributed by atoms with van der Waals surface area (Å²) in [6, 6.07) is 0.164. The summed E-state index contributed by atoms with van der Waals surface area (Å²) in [6.45, 7) is 9.06. The molecule has 1 aromatic rings. The Balaban J connectivity index is 2.06. The van der Waals surface area contributed by atoms with E-state index in [-0.39, 0.29) is 11.6 Å². The summed E-state index contributed by atoms with van der Waals surface area (Å²) < 4.78 is 0. The maximum absolute atomic E-state index is 6.56. The average Bonchev–Trinajstić information content (AvgIpc) is 2.84. The highest BCUT2D eigenvalue weighted by molar-refractivity contribution is 7.09. The van der Waals surface area contributed by atoms with E-state index in [2.05, 4.69) is 36.0 Å². The summed E-state index contributed by atoms with van der Waals surface area (Å²) in [5.74, 6) is 0. The Morgan fingerprint density at radius 1 is 1.42 bits per heavy atom. The predicted molar refractivity (Wildman–Crippen MR) is 82.7 cm³/mol. The molecule has 0 aromatic carbocycles. The predicted octanol–water partition coefficient (Wildman–Crippen LogP) is 2.98. The van der Waals surface area contributed by atoms with Gasteiger partial charge in [-0.15, -0.1) is 11.3 Å². The summed E-state index contributed by atoms with van der Waals surface area (Å²) in [5.41, 5.74) is 7.83. The van der Waals surface area contributed by atoms with Crippen LogP contribution in [0.4, 0.5) is 0 Å². The van der Waals surface area contributed by atoms with Crippen molar-refractivity contribution in [1.82, 2.24) is 9.88 Å². The molecular weight excluding hydrogens is 254 g/mol. The molecule has 0 spiro atoms. The van der Waals surface area contributed by atoms with Gasteiger partial charge in [-0.2, -0.15) is 0 Å². The molecule has 2 atom stereocenters. The normalized spacial score (nSPS) is 22.1. The summed E-state index contributed by atoms with van der Waals surface area (Å²) in [5, 5.41) is 3.29. The molecule has 2 heterocycles. The highest BCUT2D eigenvalue weighted by atomic mass is 32.1. The molecule has 2 unspecified atom stereocenters. The Kier molecular flexibility index (Phi) is 4.98. The van der Waals surface area contributed by atoms with E-state index in [9.17, 15) is 0 Å². The van der Waals surface area contributed by atoms with Gasteiger partial charge in [0, 0.05) is 23.4 Å². The third kappa shape index (κ3) is 3.36. The maximum Gasteiger partial charge on any atom is 0.0897 e. The zero-order chi connectivity index (χ0) is 13.9. The summed E-state index contributed by atoms with van der Waals surface area (Å²) >= 11 is 1.72. The molecule has 0 bridgehead atoms. The Morgan fingerprint density at radius 3 is 2.63 bits per heavy atom. The number of piperidine rings is 1. The molecule has 0 amide bonds. The fraction of sp³-hybridized carbons (Fsp3) is 0.800. The number of rotatable bonds is 5. The van der Waals surface area contributed by atoms with Crippen LogP contribution in [0.2, 0.25) is 0 Å². The molecule has 1 aromatic heterocycles. The minimum absolute atomic E-state index is 0.109. The van der Waals surface area contributed by atoms with Gasteiger partial charge in [0.1, 0.15) is 0 Å². The topological polar surface area (TPSA) is 42.1 Å². The lowest BCUT2D eigenvalue weighted by Gasteiger charge is -2.46. The van der Waals surface area contributed by atoms with Crippen molar-refractivity contribution in [3.05, 3.63) is 16.1 Å². The van der Waals surface area contributed by atoms with Crippen molar-refractivity contribution in [2.75, 3.05) is 13.1 Å². The zero-order valence-corrected chi connectivity index (χ0v) is 13.3. The molecule has 3 nitrogen and oxygen atoms in total. The molecular formula is C15H27N3S. The van der Waals surface area contributed by atoms with Gasteiger partial charge in [0.2, 0.25) is 0 Å². The van der Waals surface area contributed by atoms with Gasteiger partial charge in [0.05, 0.1) is 10.7 Å². The fourth-order valence-corrected chi connectivity index (χ4v) is 3.70. The molecule has 1 aliphatic heterocycles. The smallest absolute Gasteiger partial charge is 0.0897 e. The SMILES string of the molecule is CCC(C)(C(N)Cc1csc(C)n1)N1CCCCC1. The van der Waals surface area contributed by atoms with E-state index >= 15 is 0 Å². The van der Waals surface area contributed by atoms with E-state index in [1.54, 1.807) is 11.3 Å². The van der Waals surface area contributed by atoms with E-state index < -0.39 is 0 Å². The van der Waals surface area contributed by atoms with E-state index in [0.717, 1.165) is 23.5 Å². The fourth-order valence-electron chi connectivity index (χ4n) is 3.07. The Bertz CT molecular complexity index is 398. The van der Waals surface area contributed by atoms with Crippen molar-refractivity contribution in [3.8, 4) is 0 Å². The average molecular weight is 281 g/mol. The monoisotopic (exact) mass is 281 g/mol. The van der Waals surface area contributed by atoms with Crippen molar-refractivity contribution in [1.29, 1.82) is 0 Å². The lowest BCUT2D eigenvalue weighted by Crippen LogP contribution is -2.59. The molecule has 2 N–H and O–H groups in total. The van der Waals surface area contributed by atoms with Crippen LogP contribution >= 0.6 is 11.3 Å². The molecule has 19 heavy (non-hydrogen) atoms. The van der Waals surface area contributed by atoms with Crippen molar-refractivity contribution >= 4 is 11.3 Å². The minimum atomic E-state index is 0.109. The molecule has 4 heteroatoms. The van der Waals surface area contributed by atoms with E-state index in [1.165, 1.54) is 32.4 Å². The van der Waals surface area contributed by atoms with E-state index in [0.29, 0.717) is 0 Å². The largest absolute Gasteiger partial charge is 0.326 e. The van der Waals surface area contributed by atoms with Crippen molar-refractivity contribution < 1.29 is 0 Å². The summed E-state index contributed by atoms with van der Waals surface area (Å²) in [4.78, 5) is 7.18. The standard InChI is InChI=1S/C15H27N3S/c1-4-15(3,18-8-6-5-7-9-18)14(16)10-13-11-19-12(2)17-13/h11,14H,4-10,16H2,1-3H3. The second-order valence-corrected chi connectivity index (χ2v) is 6.99. The number of aryl methyl sites for hydroxylation is 1. The number of likely N-dealkylation sites (tertiary alicyclic amines) is 1. The molecule has 1 saturated heterocycles. The molecule has 1 aliphatic rings. The highest BCUT2D eigenvalue weighted by Gasteiger charge is 2.36. The summed E-state index contributed by atoms with van der Waals surface area (Å²) in [7, 11) is 0. The first-order valence-corrected chi connectivity index (χ1v) is 8.36. The molecule has 0 radical (unpaired) electrons. The first-order valence-electron chi connectivity index (χ1n) is 7.48. The van der Waals surface area contributed by atoms with E-state index in [1.807, 2.05) is 0 Å². The Morgan fingerprint density at radius 2 is 2.11 bits per heavy atom. The van der Waals surface area contributed by atoms with E-state index in [4.69, 9.17) is 5.73 Å². The second kappa shape index (κ2) is 6.33. The number of aromatic nitrogens is 1. The van der Waals surface area contributed by atoms with Crippen LogP contribution in [-0.4, -0.2) is 34.6 Å².